The molecule has 0 amide bonds. The summed E-state index contributed by atoms with van der Waals surface area (Å²) in [5, 5.41) is 23.8. The summed E-state index contributed by atoms with van der Waals surface area (Å²) in [7, 11) is 0. The van der Waals surface area contributed by atoms with E-state index in [1.807, 2.05) is 24.3 Å². The van der Waals surface area contributed by atoms with Gasteiger partial charge in [0.15, 0.2) is 0 Å². The molecule has 0 N–H and O–H groups in total. The number of fused-ring (bicyclic) bond motifs is 6. The molecule has 4 aromatic rings. The average molecular weight is 432 g/mol. The summed E-state index contributed by atoms with van der Waals surface area (Å²) >= 11 is 0. The first-order valence-corrected chi connectivity index (χ1v) is 10.5. The molecular weight excluding hydrogens is 409 g/mol. The SMILES string of the molecule is CC1(C)c2cccnc2-c2c([O-])ccnc21.CC1(C)c2cccnc2-c2c([O-])ccnc21.[Be+2]. The second kappa shape index (κ2) is 7.75. The van der Waals surface area contributed by atoms with Crippen molar-refractivity contribution < 1.29 is 10.2 Å². The third-order valence-corrected chi connectivity index (χ3v) is 6.45. The van der Waals surface area contributed by atoms with Crippen LogP contribution in [0.4, 0.5) is 0 Å². The van der Waals surface area contributed by atoms with E-state index in [0.717, 1.165) is 33.9 Å². The molecular formula is C26H22BeN4O2. The van der Waals surface area contributed by atoms with Crippen molar-refractivity contribution in [2.45, 2.75) is 38.5 Å². The zero-order valence-corrected chi connectivity index (χ0v) is 19.1. The van der Waals surface area contributed by atoms with Crippen molar-refractivity contribution in [3.8, 4) is 34.0 Å². The number of hydrogen-bond acceptors (Lipinski definition) is 6. The second-order valence-corrected chi connectivity index (χ2v) is 9.11. The topological polar surface area (TPSA) is 97.7 Å². The molecule has 160 valence electrons. The third-order valence-electron chi connectivity index (χ3n) is 6.45. The Hall–Kier alpha value is -3.63. The zero-order chi connectivity index (χ0) is 22.7. The first kappa shape index (κ1) is 22.6. The van der Waals surface area contributed by atoms with Crippen molar-refractivity contribution in [2.24, 2.45) is 0 Å². The minimum Gasteiger partial charge on any atom is -0.872 e. The number of nitrogens with zero attached hydrogens (tertiary/aromatic N) is 4. The summed E-state index contributed by atoms with van der Waals surface area (Å²) in [6.07, 6.45) is 6.59. The minimum atomic E-state index is -0.223. The van der Waals surface area contributed by atoms with Crippen LogP contribution in [-0.2, 0) is 10.8 Å². The monoisotopic (exact) mass is 431 g/mol. The van der Waals surface area contributed by atoms with Gasteiger partial charge in [-0.2, -0.15) is 0 Å². The standard InChI is InChI=1S/2C13H12N2O.Be/c2*1-13(2)8-4-3-6-14-11(8)10-9(16)5-7-15-12(10)13;/h2*3-7H,1-2H3,(H,15,16);/q;;+2/p-2. The molecule has 4 heterocycles. The summed E-state index contributed by atoms with van der Waals surface area (Å²) in [4.78, 5) is 17.3. The molecule has 6 rings (SSSR count). The summed E-state index contributed by atoms with van der Waals surface area (Å²) in [5.74, 6) is 0.0195. The molecule has 0 aromatic carbocycles. The predicted molar refractivity (Wildman–Crippen MR) is 124 cm³/mol. The van der Waals surface area contributed by atoms with E-state index in [1.165, 1.54) is 12.1 Å². The van der Waals surface area contributed by atoms with Gasteiger partial charge in [0.1, 0.15) is 0 Å². The Morgan fingerprint density at radius 1 is 0.576 bits per heavy atom. The second-order valence-electron chi connectivity index (χ2n) is 9.11. The van der Waals surface area contributed by atoms with E-state index in [4.69, 9.17) is 0 Å². The normalized spacial score (nSPS) is 15.2. The van der Waals surface area contributed by atoms with Crippen molar-refractivity contribution >= 4 is 10.1 Å². The van der Waals surface area contributed by atoms with Crippen LogP contribution >= 0.6 is 0 Å². The van der Waals surface area contributed by atoms with Crippen molar-refractivity contribution in [2.75, 3.05) is 0 Å². The molecule has 7 heteroatoms. The molecule has 6 nitrogen and oxygen atoms in total. The van der Waals surface area contributed by atoms with E-state index in [9.17, 15) is 10.2 Å². The maximum absolute atomic E-state index is 11.9. The van der Waals surface area contributed by atoms with Crippen LogP contribution in [0.15, 0.2) is 61.2 Å². The molecule has 0 unspecified atom stereocenters. The van der Waals surface area contributed by atoms with E-state index < -0.39 is 0 Å². The Labute approximate surface area is 196 Å². The molecule has 0 fully saturated rings. The predicted octanol–water partition coefficient (Wildman–Crippen LogP) is 3.33. The molecule has 0 saturated carbocycles. The zero-order valence-electron chi connectivity index (χ0n) is 19.1. The minimum absolute atomic E-state index is 0. The molecule has 0 bridgehead atoms. The van der Waals surface area contributed by atoms with Crippen LogP contribution in [0, 0.1) is 0 Å². The number of hydrogen-bond donors (Lipinski definition) is 0. The van der Waals surface area contributed by atoms with Crippen molar-refractivity contribution in [1.29, 1.82) is 0 Å². The molecule has 4 aromatic heterocycles. The van der Waals surface area contributed by atoms with Gasteiger partial charge >= 0.3 is 10.1 Å². The molecule has 0 radical (unpaired) electrons. The van der Waals surface area contributed by atoms with E-state index in [2.05, 4.69) is 47.6 Å². The van der Waals surface area contributed by atoms with Crippen LogP contribution in [0.2, 0.25) is 0 Å². The molecule has 0 spiro atoms. The quantitative estimate of drug-likeness (QED) is 0.396. The number of aromatic nitrogens is 4. The molecule has 2 aliphatic carbocycles. The van der Waals surface area contributed by atoms with Crippen molar-refractivity contribution in [3.63, 3.8) is 0 Å². The molecule has 0 aliphatic heterocycles. The van der Waals surface area contributed by atoms with Gasteiger partial charge in [0.25, 0.3) is 0 Å². The summed E-state index contributed by atoms with van der Waals surface area (Å²) in [6.45, 7) is 8.30. The van der Waals surface area contributed by atoms with Crippen LogP contribution in [0.3, 0.4) is 0 Å². The van der Waals surface area contributed by atoms with Gasteiger partial charge in [0, 0.05) is 46.7 Å². The Morgan fingerprint density at radius 3 is 1.36 bits per heavy atom. The average Bonchev–Trinajstić information content (AvgIpc) is 3.16. The van der Waals surface area contributed by atoms with Gasteiger partial charge in [-0.1, -0.05) is 63.5 Å². The van der Waals surface area contributed by atoms with Gasteiger partial charge in [-0.05, 0) is 23.3 Å². The van der Waals surface area contributed by atoms with Gasteiger partial charge in [-0.25, -0.2) is 0 Å². The summed E-state index contributed by atoms with van der Waals surface area (Å²) in [5.41, 5.74) is 6.33. The van der Waals surface area contributed by atoms with Gasteiger partial charge in [-0.3, -0.25) is 19.9 Å². The van der Waals surface area contributed by atoms with E-state index >= 15 is 0 Å². The Bertz CT molecular complexity index is 1260. The fourth-order valence-corrected chi connectivity index (χ4v) is 4.77. The summed E-state index contributed by atoms with van der Waals surface area (Å²) < 4.78 is 0. The van der Waals surface area contributed by atoms with E-state index in [1.54, 1.807) is 24.8 Å². The van der Waals surface area contributed by atoms with Crippen LogP contribution in [-0.4, -0.2) is 30.1 Å². The molecule has 2 aliphatic rings. The van der Waals surface area contributed by atoms with Crippen molar-refractivity contribution in [1.82, 2.24) is 19.9 Å². The first-order valence-electron chi connectivity index (χ1n) is 10.5. The van der Waals surface area contributed by atoms with Gasteiger partial charge < -0.3 is 10.2 Å². The fraction of sp³-hybridized carbons (Fsp3) is 0.231. The van der Waals surface area contributed by atoms with Crippen LogP contribution in [0.5, 0.6) is 11.5 Å². The number of pyridine rings is 4. The van der Waals surface area contributed by atoms with Gasteiger partial charge in [0.05, 0.1) is 22.8 Å². The van der Waals surface area contributed by atoms with Gasteiger partial charge in [0.2, 0.25) is 0 Å². The van der Waals surface area contributed by atoms with E-state index in [-0.39, 0.29) is 32.5 Å². The smallest absolute Gasteiger partial charge is 0.872 e. The molecule has 0 atom stereocenters. The fourth-order valence-electron chi connectivity index (χ4n) is 4.77. The van der Waals surface area contributed by atoms with Crippen LogP contribution in [0.25, 0.3) is 22.5 Å². The maximum Gasteiger partial charge on any atom is 2.00 e. The Balaban J connectivity index is 0.000000152. The van der Waals surface area contributed by atoms with Gasteiger partial charge in [-0.15, -0.1) is 0 Å². The number of rotatable bonds is 0. The molecule has 33 heavy (non-hydrogen) atoms. The Morgan fingerprint density at radius 2 is 0.970 bits per heavy atom. The van der Waals surface area contributed by atoms with E-state index in [0.29, 0.717) is 11.1 Å². The first-order chi connectivity index (χ1) is 15.2. The summed E-state index contributed by atoms with van der Waals surface area (Å²) in [6, 6.07) is 10.8. The maximum atomic E-state index is 11.9. The molecule has 0 saturated heterocycles. The third kappa shape index (κ3) is 3.21. The van der Waals surface area contributed by atoms with Crippen molar-refractivity contribution in [3.05, 3.63) is 83.7 Å². The van der Waals surface area contributed by atoms with Crippen LogP contribution in [0.1, 0.15) is 50.2 Å². The van der Waals surface area contributed by atoms with Crippen LogP contribution < -0.4 is 10.2 Å². The largest absolute Gasteiger partial charge is 2.00 e. The Kier molecular flexibility index (Phi) is 5.30.